The lowest BCUT2D eigenvalue weighted by Crippen LogP contribution is -2.19. The van der Waals surface area contributed by atoms with Crippen LogP contribution >= 0.6 is 0 Å². The van der Waals surface area contributed by atoms with Gasteiger partial charge < -0.3 is 10.2 Å². The van der Waals surface area contributed by atoms with Crippen LogP contribution in [-0.4, -0.2) is 36.7 Å². The van der Waals surface area contributed by atoms with Gasteiger partial charge in [0.15, 0.2) is 9.84 Å². The number of hydrogen-bond donors (Lipinski definition) is 2. The van der Waals surface area contributed by atoms with E-state index in [-0.39, 0.29) is 28.9 Å². The van der Waals surface area contributed by atoms with Crippen LogP contribution in [0.4, 0.5) is 19.2 Å². The first kappa shape index (κ1) is 25.5. The largest absolute Gasteiger partial charge is 0.417 e. The second-order valence-electron chi connectivity index (χ2n) is 6.70. The molecule has 0 aliphatic carbocycles. The van der Waals surface area contributed by atoms with Crippen molar-refractivity contribution in [2.45, 2.75) is 24.9 Å². The highest BCUT2D eigenvalue weighted by Crippen LogP contribution is 2.37. The number of sulfone groups is 1. The lowest BCUT2D eigenvalue weighted by molar-refractivity contribution is -0.140. The van der Waals surface area contributed by atoms with E-state index >= 15 is 0 Å². The number of nitrogens with zero attached hydrogens (tertiary/aromatic N) is 2. The van der Waals surface area contributed by atoms with Gasteiger partial charge in [-0.1, -0.05) is 23.3 Å². The molecule has 3 N–H and O–H groups in total. The number of benzene rings is 2. The van der Waals surface area contributed by atoms with Gasteiger partial charge >= 0.3 is 12.2 Å². The number of primary amides is 1. The maximum absolute atomic E-state index is 13.0. The fourth-order valence-corrected chi connectivity index (χ4v) is 4.00. The van der Waals surface area contributed by atoms with Gasteiger partial charge in [0.25, 0.3) is 5.91 Å². The Hall–Kier alpha value is -3.74. The maximum Gasteiger partial charge on any atom is 0.417 e. The van der Waals surface area contributed by atoms with Crippen LogP contribution in [0.1, 0.15) is 37.7 Å². The van der Waals surface area contributed by atoms with E-state index in [1.54, 1.807) is 24.3 Å². The first-order valence-electron chi connectivity index (χ1n) is 9.09. The highest BCUT2D eigenvalue weighted by molar-refractivity contribution is 7.90. The van der Waals surface area contributed by atoms with Crippen molar-refractivity contribution in [3.8, 4) is 0 Å². The van der Waals surface area contributed by atoms with Crippen molar-refractivity contribution in [3.63, 3.8) is 0 Å². The third-order valence-electron chi connectivity index (χ3n) is 4.13. The Bertz CT molecular complexity index is 1270. The zero-order valence-corrected chi connectivity index (χ0v) is 18.4. The molecule has 0 fully saturated rings. The number of carbonyl (C=O) groups is 2. The van der Waals surface area contributed by atoms with Crippen LogP contribution in [0.5, 0.6) is 0 Å². The van der Waals surface area contributed by atoms with Gasteiger partial charge in [0.05, 0.1) is 10.5 Å². The number of hydrogen-bond acceptors (Lipinski definition) is 7. The van der Waals surface area contributed by atoms with Crippen molar-refractivity contribution < 1.29 is 35.6 Å². The molecule has 0 bridgehead atoms. The van der Waals surface area contributed by atoms with Gasteiger partial charge in [0.2, 0.25) is 11.8 Å². The van der Waals surface area contributed by atoms with Crippen LogP contribution in [0.15, 0.2) is 51.8 Å². The Morgan fingerprint density at radius 1 is 1.03 bits per heavy atom. The Morgan fingerprint density at radius 3 is 2.06 bits per heavy atom. The fraction of sp³-hybridized carbons (Fsp3) is 0.200. The lowest BCUT2D eigenvalue weighted by Gasteiger charge is -2.16. The Labute approximate surface area is 186 Å². The highest BCUT2D eigenvalue weighted by atomic mass is 32.2. The van der Waals surface area contributed by atoms with Crippen molar-refractivity contribution in [1.29, 1.82) is 0 Å². The van der Waals surface area contributed by atoms with E-state index in [0.29, 0.717) is 17.9 Å². The molecule has 0 aliphatic heterocycles. The molecule has 0 unspecified atom stereocenters. The molecule has 0 spiro atoms. The number of halogens is 3. The fourth-order valence-electron chi connectivity index (χ4n) is 2.75. The van der Waals surface area contributed by atoms with Crippen LogP contribution in [0, 0.1) is 13.8 Å². The number of nitrogens with two attached hydrogens (primary N) is 1. The minimum Gasteiger partial charge on any atom is -0.408 e. The third-order valence-corrected chi connectivity index (χ3v) is 5.40. The molecule has 0 aliphatic rings. The standard InChI is InChI=1S/C13H12F3N3O4S.C7H7NO/c1-6-8(11(20)17-12-19-18-7(2)23-12)4-5-9(13(14,15)16)10(6)24(3,21)22;8-7(9)6-4-2-1-3-5-6/h4-5H,1-3H3,(H,17,19,20);1-5H,(H2,8,9). The maximum atomic E-state index is 13.0. The summed E-state index contributed by atoms with van der Waals surface area (Å²) in [4.78, 5) is 21.7. The van der Waals surface area contributed by atoms with Crippen LogP contribution in [0.2, 0.25) is 0 Å². The summed E-state index contributed by atoms with van der Waals surface area (Å²) in [6.07, 6.45) is -4.23. The van der Waals surface area contributed by atoms with Crippen molar-refractivity contribution in [2.24, 2.45) is 5.73 Å². The monoisotopic (exact) mass is 484 g/mol. The topological polar surface area (TPSA) is 145 Å². The van der Waals surface area contributed by atoms with E-state index in [1.807, 2.05) is 6.07 Å². The van der Waals surface area contributed by atoms with Gasteiger partial charge in [-0.15, -0.1) is 5.10 Å². The normalized spacial score (nSPS) is 11.3. The van der Waals surface area contributed by atoms with Gasteiger partial charge in [-0.25, -0.2) is 8.42 Å². The second kappa shape index (κ2) is 9.81. The molecule has 0 saturated heterocycles. The lowest BCUT2D eigenvalue weighted by atomic mass is 10.0. The van der Waals surface area contributed by atoms with E-state index in [2.05, 4.69) is 15.5 Å². The predicted molar refractivity (Wildman–Crippen MR) is 111 cm³/mol. The summed E-state index contributed by atoms with van der Waals surface area (Å²) in [7, 11) is -4.22. The second-order valence-corrected chi connectivity index (χ2v) is 8.65. The quantitative estimate of drug-likeness (QED) is 0.578. The number of rotatable bonds is 4. The molecule has 0 saturated carbocycles. The number of aromatic nitrogens is 2. The molecule has 1 aromatic heterocycles. The number of anilines is 1. The van der Waals surface area contributed by atoms with Gasteiger partial charge in [-0.2, -0.15) is 13.2 Å². The van der Waals surface area contributed by atoms with E-state index in [1.165, 1.54) is 6.92 Å². The van der Waals surface area contributed by atoms with Crippen LogP contribution in [-0.2, 0) is 16.0 Å². The van der Waals surface area contributed by atoms with Crippen molar-refractivity contribution >= 4 is 27.7 Å². The van der Waals surface area contributed by atoms with Crippen LogP contribution in [0.3, 0.4) is 0 Å². The van der Waals surface area contributed by atoms with Gasteiger partial charge in [-0.3, -0.25) is 14.9 Å². The third kappa shape index (κ3) is 6.62. The summed E-state index contributed by atoms with van der Waals surface area (Å²) >= 11 is 0. The zero-order valence-electron chi connectivity index (χ0n) is 17.6. The molecule has 1 heterocycles. The van der Waals surface area contributed by atoms with Gasteiger partial charge in [0, 0.05) is 24.3 Å². The van der Waals surface area contributed by atoms with Crippen LogP contribution in [0.25, 0.3) is 0 Å². The summed E-state index contributed by atoms with van der Waals surface area (Å²) in [5, 5.41) is 9.21. The predicted octanol–water partition coefficient (Wildman–Crippen LogP) is 3.15. The number of amides is 2. The summed E-state index contributed by atoms with van der Waals surface area (Å²) in [5.74, 6) is -1.07. The van der Waals surface area contributed by atoms with E-state index in [0.717, 1.165) is 13.0 Å². The summed E-state index contributed by atoms with van der Waals surface area (Å²) in [5.41, 5.74) is 3.63. The Kier molecular flexibility index (Phi) is 7.59. The van der Waals surface area contributed by atoms with E-state index in [4.69, 9.17) is 10.2 Å². The molecule has 0 radical (unpaired) electrons. The number of carbonyl (C=O) groups excluding carboxylic acids is 2. The first-order valence-corrected chi connectivity index (χ1v) is 11.0. The molecule has 33 heavy (non-hydrogen) atoms. The Balaban J connectivity index is 0.000000357. The summed E-state index contributed by atoms with van der Waals surface area (Å²) < 4.78 is 67.6. The molecule has 9 nitrogen and oxygen atoms in total. The van der Waals surface area contributed by atoms with Gasteiger partial charge in [-0.05, 0) is 36.8 Å². The molecule has 176 valence electrons. The minimum atomic E-state index is -4.87. The molecular weight excluding hydrogens is 465 g/mol. The van der Waals surface area contributed by atoms with E-state index < -0.39 is 32.4 Å². The first-order chi connectivity index (χ1) is 15.2. The SMILES string of the molecule is Cc1nnc(NC(=O)c2ccc(C(F)(F)F)c(S(C)(=O)=O)c2C)o1.NC(=O)c1ccccc1. The molecule has 2 aromatic carbocycles. The number of aryl methyl sites for hydroxylation is 1. The van der Waals surface area contributed by atoms with Crippen molar-refractivity contribution in [2.75, 3.05) is 11.6 Å². The van der Waals surface area contributed by atoms with Gasteiger partial charge in [0.1, 0.15) is 0 Å². The van der Waals surface area contributed by atoms with Crippen LogP contribution < -0.4 is 11.1 Å². The van der Waals surface area contributed by atoms with Crippen molar-refractivity contribution in [3.05, 3.63) is 70.6 Å². The highest BCUT2D eigenvalue weighted by Gasteiger charge is 2.38. The molecule has 13 heteroatoms. The number of nitrogens with one attached hydrogen (secondary N) is 1. The summed E-state index contributed by atoms with van der Waals surface area (Å²) in [6.45, 7) is 2.60. The average molecular weight is 484 g/mol. The zero-order chi connectivity index (χ0) is 25.0. The molecule has 0 atom stereocenters. The van der Waals surface area contributed by atoms with Crippen molar-refractivity contribution in [1.82, 2.24) is 10.2 Å². The minimum absolute atomic E-state index is 0.172. The summed E-state index contributed by atoms with van der Waals surface area (Å²) in [6, 6.07) is 9.96. The molecular formula is C20H19F3N4O5S. The molecule has 3 rings (SSSR count). The smallest absolute Gasteiger partial charge is 0.408 e. The Morgan fingerprint density at radius 2 is 1.64 bits per heavy atom. The van der Waals surface area contributed by atoms with E-state index in [9.17, 15) is 31.2 Å². The average Bonchev–Trinajstić information content (AvgIpc) is 3.11. The molecule has 3 aromatic rings. The molecule has 2 amide bonds. The number of alkyl halides is 3.